The number of carbonyl (C=O) groups excluding carboxylic acids is 2. The van der Waals surface area contributed by atoms with Crippen molar-refractivity contribution in [2.45, 2.75) is 65.1 Å². The third kappa shape index (κ3) is 5.06. The van der Waals surface area contributed by atoms with Gasteiger partial charge in [0.25, 0.3) is 0 Å². The number of carbonyl (C=O) groups is 2. The second-order valence-electron chi connectivity index (χ2n) is 9.30. The Hall–Kier alpha value is -3.02. The third-order valence-corrected chi connectivity index (χ3v) is 6.14. The van der Waals surface area contributed by atoms with Gasteiger partial charge in [-0.05, 0) is 86.9 Å². The van der Waals surface area contributed by atoms with E-state index in [0.717, 1.165) is 40.5 Å². The molecule has 4 rings (SSSR count). The van der Waals surface area contributed by atoms with Crippen LogP contribution in [0, 0.1) is 5.92 Å². The molecule has 0 unspecified atom stereocenters. The molecule has 2 aromatic carbocycles. The van der Waals surface area contributed by atoms with E-state index in [4.69, 9.17) is 4.74 Å². The fourth-order valence-corrected chi connectivity index (χ4v) is 4.44. The van der Waals surface area contributed by atoms with Crippen LogP contribution in [0.25, 0.3) is 11.1 Å². The summed E-state index contributed by atoms with van der Waals surface area (Å²) in [5.74, 6) is 0.806. The molecule has 32 heavy (non-hydrogen) atoms. The Balaban J connectivity index is 1.65. The Morgan fingerprint density at radius 1 is 1.12 bits per heavy atom. The lowest BCUT2D eigenvalue weighted by molar-refractivity contribution is -0.117. The van der Waals surface area contributed by atoms with Crippen LogP contribution in [0.3, 0.4) is 0 Å². The van der Waals surface area contributed by atoms with Crippen molar-refractivity contribution >= 4 is 23.4 Å². The number of hydrogen-bond acceptors (Lipinski definition) is 4. The van der Waals surface area contributed by atoms with Crippen LogP contribution in [0.5, 0.6) is 0 Å². The number of alkyl carbamates (subject to hydrolysis) is 1. The molecule has 2 N–H and O–H groups in total. The molecule has 2 amide bonds. The van der Waals surface area contributed by atoms with E-state index in [1.54, 1.807) is 6.92 Å². The molecule has 0 aromatic heterocycles. The van der Waals surface area contributed by atoms with Crippen molar-refractivity contribution in [2.75, 3.05) is 16.8 Å². The Morgan fingerprint density at radius 3 is 2.56 bits per heavy atom. The maximum absolute atomic E-state index is 12.4. The van der Waals surface area contributed by atoms with E-state index in [9.17, 15) is 9.59 Å². The smallest absolute Gasteiger partial charge is 0.407 e. The van der Waals surface area contributed by atoms with Gasteiger partial charge in [-0.2, -0.15) is 0 Å². The maximum atomic E-state index is 12.4. The van der Waals surface area contributed by atoms with E-state index >= 15 is 0 Å². The number of benzene rings is 2. The van der Waals surface area contributed by atoms with E-state index in [2.05, 4.69) is 47.0 Å². The van der Waals surface area contributed by atoms with Gasteiger partial charge in [0.1, 0.15) is 0 Å². The normalized spacial score (nSPS) is 20.0. The fraction of sp³-hybridized carbons (Fsp3) is 0.462. The van der Waals surface area contributed by atoms with Gasteiger partial charge in [0.05, 0.1) is 12.1 Å². The summed E-state index contributed by atoms with van der Waals surface area (Å²) in [6.07, 6.45) is 2.64. The van der Waals surface area contributed by atoms with Crippen molar-refractivity contribution in [3.8, 4) is 11.1 Å². The van der Waals surface area contributed by atoms with Crippen molar-refractivity contribution in [2.24, 2.45) is 5.92 Å². The number of fused-ring (bicyclic) bond motifs is 1. The van der Waals surface area contributed by atoms with Crippen LogP contribution in [-0.2, 0) is 9.53 Å². The lowest BCUT2D eigenvalue weighted by Gasteiger charge is -2.39. The first kappa shape index (κ1) is 22.2. The summed E-state index contributed by atoms with van der Waals surface area (Å²) in [5, 5.41) is 6.55. The Bertz CT molecular complexity index is 1000. The van der Waals surface area contributed by atoms with Crippen LogP contribution in [0.4, 0.5) is 16.2 Å². The monoisotopic (exact) mass is 435 g/mol. The molecular weight excluding hydrogens is 402 g/mol. The Morgan fingerprint density at radius 2 is 1.88 bits per heavy atom. The molecule has 6 heteroatoms. The summed E-state index contributed by atoms with van der Waals surface area (Å²) in [6.45, 7) is 8.27. The van der Waals surface area contributed by atoms with Crippen LogP contribution in [0.1, 0.15) is 58.6 Å². The fourth-order valence-electron chi connectivity index (χ4n) is 4.44. The molecule has 0 bridgehead atoms. The summed E-state index contributed by atoms with van der Waals surface area (Å²) < 4.78 is 5.32. The summed E-state index contributed by atoms with van der Waals surface area (Å²) in [4.78, 5) is 26.6. The number of ether oxygens (including phenoxy) is 1. The van der Waals surface area contributed by atoms with Gasteiger partial charge in [0, 0.05) is 30.9 Å². The van der Waals surface area contributed by atoms with E-state index in [1.165, 1.54) is 12.8 Å². The van der Waals surface area contributed by atoms with E-state index < -0.39 is 6.09 Å². The van der Waals surface area contributed by atoms with Crippen molar-refractivity contribution < 1.29 is 14.3 Å². The second-order valence-corrected chi connectivity index (χ2v) is 9.30. The van der Waals surface area contributed by atoms with Gasteiger partial charge in [-0.15, -0.1) is 0 Å². The van der Waals surface area contributed by atoms with Gasteiger partial charge in [-0.1, -0.05) is 18.2 Å². The zero-order chi connectivity index (χ0) is 22.8. The summed E-state index contributed by atoms with van der Waals surface area (Å²) in [6, 6.07) is 14.3. The minimum Gasteiger partial charge on any atom is -0.447 e. The van der Waals surface area contributed by atoms with Gasteiger partial charge in [-0.3, -0.25) is 4.79 Å². The molecule has 0 saturated heterocycles. The first-order valence-electron chi connectivity index (χ1n) is 11.6. The van der Waals surface area contributed by atoms with Crippen molar-refractivity contribution in [3.05, 3.63) is 48.0 Å². The third-order valence-electron chi connectivity index (χ3n) is 6.14. The zero-order valence-electron chi connectivity index (χ0n) is 19.4. The zero-order valence-corrected chi connectivity index (χ0v) is 19.4. The molecule has 1 aliphatic heterocycles. The van der Waals surface area contributed by atoms with Crippen molar-refractivity contribution in [3.63, 3.8) is 0 Å². The maximum Gasteiger partial charge on any atom is 0.407 e. The molecule has 1 saturated carbocycles. The number of hydrogen-bond donors (Lipinski definition) is 2. The second kappa shape index (κ2) is 9.23. The topological polar surface area (TPSA) is 70.7 Å². The summed E-state index contributed by atoms with van der Waals surface area (Å²) >= 11 is 0. The largest absolute Gasteiger partial charge is 0.447 e. The molecule has 6 nitrogen and oxygen atoms in total. The molecule has 0 spiro atoms. The molecule has 1 fully saturated rings. The Kier molecular flexibility index (Phi) is 6.40. The van der Waals surface area contributed by atoms with Gasteiger partial charge in [0.2, 0.25) is 5.91 Å². The van der Waals surface area contributed by atoms with Gasteiger partial charge in [0.15, 0.2) is 0 Å². The number of nitrogens with one attached hydrogen (secondary N) is 2. The molecule has 1 heterocycles. The van der Waals surface area contributed by atoms with Crippen LogP contribution in [-0.4, -0.2) is 30.7 Å². The van der Waals surface area contributed by atoms with Crippen LogP contribution < -0.4 is 15.5 Å². The first-order chi connectivity index (χ1) is 15.3. The van der Waals surface area contributed by atoms with Crippen molar-refractivity contribution in [1.29, 1.82) is 0 Å². The minimum absolute atomic E-state index is 0.000908. The van der Waals surface area contributed by atoms with Gasteiger partial charge in [-0.25, -0.2) is 4.79 Å². The minimum atomic E-state index is -0.434. The van der Waals surface area contributed by atoms with E-state index in [0.29, 0.717) is 6.42 Å². The molecule has 0 radical (unpaired) electrons. The number of anilines is 2. The van der Waals surface area contributed by atoms with Crippen LogP contribution >= 0.6 is 0 Å². The standard InChI is InChI=1S/C26H33N3O3/c1-16(2)32-26(31)28-24-12-17(3)29(18(4)30)25-11-10-21(14-23(24)25)20-6-5-7-22(13-20)27-15-19-8-9-19/h5-7,10-11,13-14,16-17,19,24,27H,8-9,12,15H2,1-4H3,(H,28,31)/t17-,24+/m0/s1. The molecule has 1 aliphatic carbocycles. The lowest BCUT2D eigenvalue weighted by atomic mass is 9.89. The quantitative estimate of drug-likeness (QED) is 0.629. The highest BCUT2D eigenvalue weighted by atomic mass is 16.6. The summed E-state index contributed by atoms with van der Waals surface area (Å²) in [7, 11) is 0. The molecule has 2 atom stereocenters. The average molecular weight is 436 g/mol. The molecule has 2 aromatic rings. The predicted octanol–water partition coefficient (Wildman–Crippen LogP) is 5.50. The summed E-state index contributed by atoms with van der Waals surface area (Å²) in [5.41, 5.74) is 5.05. The molecule has 2 aliphatic rings. The Labute approximate surface area is 190 Å². The van der Waals surface area contributed by atoms with Gasteiger partial charge >= 0.3 is 6.09 Å². The average Bonchev–Trinajstić information content (AvgIpc) is 3.56. The SMILES string of the molecule is CC(=O)N1c2ccc(-c3cccc(NCC4CC4)c3)cc2[C@H](NC(=O)OC(C)C)C[C@@H]1C. The van der Waals surface area contributed by atoms with E-state index in [-0.39, 0.29) is 24.1 Å². The molecule has 170 valence electrons. The van der Waals surface area contributed by atoms with Crippen LogP contribution in [0.15, 0.2) is 42.5 Å². The number of rotatable bonds is 6. The van der Waals surface area contributed by atoms with Crippen molar-refractivity contribution in [1.82, 2.24) is 5.32 Å². The number of amides is 2. The highest BCUT2D eigenvalue weighted by Gasteiger charge is 2.33. The predicted molar refractivity (Wildman–Crippen MR) is 128 cm³/mol. The highest BCUT2D eigenvalue weighted by molar-refractivity contribution is 5.94. The van der Waals surface area contributed by atoms with Crippen LogP contribution in [0.2, 0.25) is 0 Å². The highest BCUT2D eigenvalue weighted by Crippen LogP contribution is 2.40. The molecular formula is C26H33N3O3. The first-order valence-corrected chi connectivity index (χ1v) is 11.6. The van der Waals surface area contributed by atoms with Gasteiger partial charge < -0.3 is 20.3 Å². The lowest BCUT2D eigenvalue weighted by Crippen LogP contribution is -2.45. The van der Waals surface area contributed by atoms with E-state index in [1.807, 2.05) is 31.7 Å². The number of nitrogens with zero attached hydrogens (tertiary/aromatic N) is 1.